The monoisotopic (exact) mass is 245 g/mol. The van der Waals surface area contributed by atoms with E-state index >= 15 is 0 Å². The molecule has 0 bridgehead atoms. The summed E-state index contributed by atoms with van der Waals surface area (Å²) in [6.45, 7) is -0.255. The number of benzene rings is 1. The summed E-state index contributed by atoms with van der Waals surface area (Å²) in [5.41, 5.74) is 0.0317. The lowest BCUT2D eigenvalue weighted by molar-refractivity contribution is -0.137. The number of carbonyl (C=O) groups excluding carboxylic acids is 1. The van der Waals surface area contributed by atoms with Gasteiger partial charge in [-0.1, -0.05) is 6.07 Å². The molecule has 2 rings (SSSR count). The molecule has 92 valence electrons. The summed E-state index contributed by atoms with van der Waals surface area (Å²) in [7, 11) is 0. The number of hydrogen-bond donors (Lipinski definition) is 1. The Balaban J connectivity index is 2.42. The van der Waals surface area contributed by atoms with Crippen molar-refractivity contribution in [2.75, 3.05) is 18.1 Å². The van der Waals surface area contributed by atoms with E-state index < -0.39 is 11.7 Å². The molecule has 1 aromatic carbocycles. The second-order valence-corrected chi connectivity index (χ2v) is 3.79. The fourth-order valence-corrected chi connectivity index (χ4v) is 1.88. The molecule has 1 amide bonds. The summed E-state index contributed by atoms with van der Waals surface area (Å²) in [5, 5.41) is 8.78. The second-order valence-electron chi connectivity index (χ2n) is 3.79. The molecule has 1 N–H and O–H groups in total. The summed E-state index contributed by atoms with van der Waals surface area (Å²) >= 11 is 0. The summed E-state index contributed by atoms with van der Waals surface area (Å²) in [6.07, 6.45) is -4.33. The molecule has 0 radical (unpaired) electrons. The van der Waals surface area contributed by atoms with Crippen molar-refractivity contribution in [3.05, 3.63) is 29.3 Å². The molecule has 1 aromatic rings. The van der Waals surface area contributed by atoms with Crippen LogP contribution in [0.2, 0.25) is 0 Å². The molecule has 0 aromatic heterocycles. The average molecular weight is 245 g/mol. The topological polar surface area (TPSA) is 40.5 Å². The molecular weight excluding hydrogens is 235 g/mol. The van der Waals surface area contributed by atoms with Crippen LogP contribution < -0.4 is 4.90 Å². The van der Waals surface area contributed by atoms with E-state index in [1.807, 2.05) is 0 Å². The summed E-state index contributed by atoms with van der Waals surface area (Å²) in [6, 6.07) is 3.23. The highest BCUT2D eigenvalue weighted by Gasteiger charge is 2.34. The number of rotatable bonds is 2. The molecule has 6 heteroatoms. The van der Waals surface area contributed by atoms with Crippen LogP contribution in [0.25, 0.3) is 0 Å². The normalized spacial score (nSPS) is 15.3. The van der Waals surface area contributed by atoms with E-state index in [0.29, 0.717) is 5.56 Å². The molecule has 0 atom stereocenters. The van der Waals surface area contributed by atoms with Crippen molar-refractivity contribution in [3.8, 4) is 0 Å². The third-order valence-corrected chi connectivity index (χ3v) is 2.67. The first-order valence-corrected chi connectivity index (χ1v) is 5.05. The molecule has 0 saturated carbocycles. The molecule has 0 unspecified atom stereocenters. The van der Waals surface area contributed by atoms with Crippen LogP contribution in [0.5, 0.6) is 0 Å². The Kier molecular flexibility index (Phi) is 2.82. The van der Waals surface area contributed by atoms with Gasteiger partial charge in [0.25, 0.3) is 0 Å². The van der Waals surface area contributed by atoms with Gasteiger partial charge in [-0.2, -0.15) is 13.2 Å². The van der Waals surface area contributed by atoms with Gasteiger partial charge in [-0.3, -0.25) is 4.79 Å². The van der Waals surface area contributed by atoms with Gasteiger partial charge in [0.1, 0.15) is 0 Å². The van der Waals surface area contributed by atoms with Crippen LogP contribution in [0, 0.1) is 0 Å². The Morgan fingerprint density at radius 1 is 1.35 bits per heavy atom. The number of carbonyl (C=O) groups is 1. The molecule has 3 nitrogen and oxygen atoms in total. The van der Waals surface area contributed by atoms with Gasteiger partial charge in [-0.25, -0.2) is 0 Å². The first kappa shape index (κ1) is 11.9. The number of aliphatic hydroxyl groups excluding tert-OH is 1. The van der Waals surface area contributed by atoms with Crippen molar-refractivity contribution in [2.45, 2.75) is 12.6 Å². The molecule has 0 aliphatic carbocycles. The molecule has 17 heavy (non-hydrogen) atoms. The first-order valence-electron chi connectivity index (χ1n) is 5.05. The zero-order chi connectivity index (χ0) is 12.6. The van der Waals surface area contributed by atoms with E-state index in [2.05, 4.69) is 0 Å². The molecule has 1 aliphatic rings. The van der Waals surface area contributed by atoms with Crippen LogP contribution in [-0.2, 0) is 17.4 Å². The number of amides is 1. The van der Waals surface area contributed by atoms with Crippen molar-refractivity contribution in [3.63, 3.8) is 0 Å². The smallest absolute Gasteiger partial charge is 0.395 e. The van der Waals surface area contributed by atoms with Crippen LogP contribution in [0.15, 0.2) is 18.2 Å². The number of fused-ring (bicyclic) bond motifs is 1. The Labute approximate surface area is 95.5 Å². The van der Waals surface area contributed by atoms with Gasteiger partial charge in [0.15, 0.2) is 0 Å². The van der Waals surface area contributed by atoms with Crippen molar-refractivity contribution in [2.24, 2.45) is 0 Å². The van der Waals surface area contributed by atoms with Gasteiger partial charge in [0, 0.05) is 12.2 Å². The maximum absolute atomic E-state index is 12.5. The number of halogens is 3. The molecule has 1 heterocycles. The Bertz CT molecular complexity index is 457. The van der Waals surface area contributed by atoms with Crippen LogP contribution >= 0.6 is 0 Å². The number of hydrogen-bond acceptors (Lipinski definition) is 2. The van der Waals surface area contributed by atoms with Crippen LogP contribution in [0.4, 0.5) is 18.9 Å². The number of nitrogens with zero attached hydrogens (tertiary/aromatic N) is 1. The molecule has 0 spiro atoms. The Morgan fingerprint density at radius 3 is 2.65 bits per heavy atom. The predicted octanol–water partition coefficient (Wildman–Crippen LogP) is 1.59. The maximum atomic E-state index is 12.5. The predicted molar refractivity (Wildman–Crippen MR) is 54.6 cm³/mol. The van der Waals surface area contributed by atoms with Crippen LogP contribution in [0.1, 0.15) is 11.1 Å². The molecular formula is C11H10F3NO2. The molecule has 0 fully saturated rings. The molecule has 1 aliphatic heterocycles. The average Bonchev–Trinajstić information content (AvgIpc) is 2.54. The third-order valence-electron chi connectivity index (χ3n) is 2.67. The largest absolute Gasteiger partial charge is 0.416 e. The lowest BCUT2D eigenvalue weighted by atomic mass is 10.1. The highest BCUT2D eigenvalue weighted by atomic mass is 19.4. The fraction of sp³-hybridized carbons (Fsp3) is 0.364. The van der Waals surface area contributed by atoms with Gasteiger partial charge in [-0.05, 0) is 17.7 Å². The number of anilines is 1. The minimum Gasteiger partial charge on any atom is -0.395 e. The van der Waals surface area contributed by atoms with Crippen LogP contribution in [-0.4, -0.2) is 24.2 Å². The van der Waals surface area contributed by atoms with E-state index in [0.717, 1.165) is 12.1 Å². The van der Waals surface area contributed by atoms with Crippen molar-refractivity contribution in [1.29, 1.82) is 0 Å². The lowest BCUT2D eigenvalue weighted by Crippen LogP contribution is -2.29. The van der Waals surface area contributed by atoms with Gasteiger partial charge in [0.05, 0.1) is 18.6 Å². The Hall–Kier alpha value is -1.56. The quantitative estimate of drug-likeness (QED) is 0.859. The van der Waals surface area contributed by atoms with Gasteiger partial charge in [-0.15, -0.1) is 0 Å². The van der Waals surface area contributed by atoms with Gasteiger partial charge in [0.2, 0.25) is 5.91 Å². The van der Waals surface area contributed by atoms with Crippen molar-refractivity contribution >= 4 is 11.6 Å². The molecule has 0 saturated heterocycles. The van der Waals surface area contributed by atoms with E-state index in [4.69, 9.17) is 5.11 Å². The van der Waals surface area contributed by atoms with Crippen molar-refractivity contribution < 1.29 is 23.1 Å². The maximum Gasteiger partial charge on any atom is 0.416 e. The Morgan fingerprint density at radius 2 is 2.06 bits per heavy atom. The first-order chi connectivity index (χ1) is 7.93. The number of alkyl halides is 3. The second kappa shape index (κ2) is 4.03. The minimum absolute atomic E-state index is 0.0210. The van der Waals surface area contributed by atoms with E-state index in [-0.39, 0.29) is 31.2 Å². The summed E-state index contributed by atoms with van der Waals surface area (Å²) in [5.74, 6) is -0.284. The highest BCUT2D eigenvalue weighted by Crippen LogP contribution is 2.36. The van der Waals surface area contributed by atoms with Crippen molar-refractivity contribution in [1.82, 2.24) is 0 Å². The number of β-amino-alcohol motifs (C(OH)–C–C–N with tert-alkyl or cyclic N) is 1. The minimum atomic E-state index is -4.43. The van der Waals surface area contributed by atoms with Crippen LogP contribution in [0.3, 0.4) is 0 Å². The summed E-state index contributed by atoms with van der Waals surface area (Å²) in [4.78, 5) is 12.7. The zero-order valence-electron chi connectivity index (χ0n) is 8.79. The standard InChI is InChI=1S/C11H10F3NO2/c12-11(13,14)8-2-1-7-5-10(17)15(3-4-16)9(7)6-8/h1-2,6,16H,3-5H2. The third kappa shape index (κ3) is 2.12. The van der Waals surface area contributed by atoms with Gasteiger partial charge < -0.3 is 10.0 Å². The zero-order valence-corrected chi connectivity index (χ0v) is 8.79. The van der Waals surface area contributed by atoms with E-state index in [9.17, 15) is 18.0 Å². The summed E-state index contributed by atoms with van der Waals surface area (Å²) < 4.78 is 37.5. The number of aliphatic hydroxyl groups is 1. The van der Waals surface area contributed by atoms with E-state index in [1.165, 1.54) is 11.0 Å². The highest BCUT2D eigenvalue weighted by molar-refractivity contribution is 6.01. The lowest BCUT2D eigenvalue weighted by Gasteiger charge is -2.17. The van der Waals surface area contributed by atoms with Gasteiger partial charge >= 0.3 is 6.18 Å². The van der Waals surface area contributed by atoms with E-state index in [1.54, 1.807) is 0 Å². The SMILES string of the molecule is O=C1Cc2ccc(C(F)(F)F)cc2N1CCO. The fourth-order valence-electron chi connectivity index (χ4n) is 1.88.